The molecule has 0 aliphatic carbocycles. The number of carbonyl (C=O) groups is 1. The molecule has 2 aromatic rings. The molecule has 0 saturated carbocycles. The molecule has 1 aromatic carbocycles. The number of aromatic nitrogens is 1. The van der Waals surface area contributed by atoms with Crippen molar-refractivity contribution in [2.24, 2.45) is 0 Å². The van der Waals surface area contributed by atoms with Crippen LogP contribution in [0.5, 0.6) is 0 Å². The van der Waals surface area contributed by atoms with E-state index in [2.05, 4.69) is 5.32 Å². The summed E-state index contributed by atoms with van der Waals surface area (Å²) < 4.78 is 7.28. The lowest BCUT2D eigenvalue weighted by molar-refractivity contribution is 0.0636. The average molecular weight is 275 g/mol. The third-order valence-electron chi connectivity index (χ3n) is 2.90. The molecule has 0 aliphatic rings. The van der Waals surface area contributed by atoms with E-state index in [0.717, 1.165) is 23.1 Å². The van der Waals surface area contributed by atoms with Gasteiger partial charge in [-0.2, -0.15) is 0 Å². The number of rotatable bonds is 2. The van der Waals surface area contributed by atoms with E-state index >= 15 is 0 Å². The molecule has 0 unspecified atom stereocenters. The average Bonchev–Trinajstić information content (AvgIpc) is 2.63. The molecule has 3 N–H and O–H groups in total. The fourth-order valence-corrected chi connectivity index (χ4v) is 2.08. The number of carbonyl (C=O) groups excluding carboxylic acids is 1. The van der Waals surface area contributed by atoms with E-state index in [4.69, 9.17) is 10.5 Å². The second-order valence-corrected chi connectivity index (χ2v) is 5.73. The molecule has 5 heteroatoms. The lowest BCUT2D eigenvalue weighted by Gasteiger charge is -2.19. The van der Waals surface area contributed by atoms with Crippen LogP contribution in [0.1, 0.15) is 27.7 Å². The Morgan fingerprint density at radius 3 is 2.70 bits per heavy atom. The van der Waals surface area contributed by atoms with Crippen molar-refractivity contribution < 1.29 is 9.53 Å². The van der Waals surface area contributed by atoms with Crippen molar-refractivity contribution in [2.45, 2.75) is 39.8 Å². The van der Waals surface area contributed by atoms with Crippen molar-refractivity contribution in [1.82, 2.24) is 4.57 Å². The molecule has 20 heavy (non-hydrogen) atoms. The number of benzene rings is 1. The number of ether oxygens (including phenoxy) is 1. The number of fused-ring (bicyclic) bond motifs is 1. The monoisotopic (exact) mass is 275 g/mol. The largest absolute Gasteiger partial charge is 0.444 e. The van der Waals surface area contributed by atoms with Gasteiger partial charge in [-0.1, -0.05) is 0 Å². The number of nitrogens with zero attached hydrogens (tertiary/aromatic N) is 1. The Balaban J connectivity index is 2.26. The minimum Gasteiger partial charge on any atom is -0.444 e. The Morgan fingerprint density at radius 1 is 1.40 bits per heavy atom. The lowest BCUT2D eigenvalue weighted by atomic mass is 10.2. The molecular weight excluding hydrogens is 254 g/mol. The standard InChI is InChI=1S/C15H21N3O2/c1-5-18-9-12(16)11-7-6-10(8-13(11)18)17-14(19)20-15(2,3)4/h6-9H,5,16H2,1-4H3,(H,17,19). The SMILES string of the molecule is CCn1cc(N)c2ccc(NC(=O)OC(C)(C)C)cc21. The number of amides is 1. The summed E-state index contributed by atoms with van der Waals surface area (Å²) in [5.41, 5.74) is 7.88. The van der Waals surface area contributed by atoms with Crippen molar-refractivity contribution >= 4 is 28.4 Å². The molecule has 1 amide bonds. The number of nitrogens with one attached hydrogen (secondary N) is 1. The molecule has 0 aliphatic heterocycles. The molecule has 0 fully saturated rings. The van der Waals surface area contributed by atoms with Crippen LogP contribution in [-0.2, 0) is 11.3 Å². The van der Waals surface area contributed by atoms with Gasteiger partial charge >= 0.3 is 6.09 Å². The van der Waals surface area contributed by atoms with Crippen molar-refractivity contribution in [3.8, 4) is 0 Å². The third-order valence-corrected chi connectivity index (χ3v) is 2.90. The van der Waals surface area contributed by atoms with Crippen LogP contribution in [0.15, 0.2) is 24.4 Å². The molecule has 1 heterocycles. The summed E-state index contributed by atoms with van der Waals surface area (Å²) >= 11 is 0. The fourth-order valence-electron chi connectivity index (χ4n) is 2.08. The topological polar surface area (TPSA) is 69.3 Å². The molecule has 0 saturated heterocycles. The van der Waals surface area contributed by atoms with Crippen LogP contribution in [-0.4, -0.2) is 16.3 Å². The van der Waals surface area contributed by atoms with Gasteiger partial charge in [0.25, 0.3) is 0 Å². The van der Waals surface area contributed by atoms with Gasteiger partial charge in [0, 0.05) is 23.8 Å². The highest BCUT2D eigenvalue weighted by Gasteiger charge is 2.16. The number of hydrogen-bond acceptors (Lipinski definition) is 3. The van der Waals surface area contributed by atoms with E-state index in [1.165, 1.54) is 0 Å². The van der Waals surface area contributed by atoms with Gasteiger partial charge in [-0.15, -0.1) is 0 Å². The maximum atomic E-state index is 11.8. The smallest absolute Gasteiger partial charge is 0.412 e. The second-order valence-electron chi connectivity index (χ2n) is 5.73. The predicted octanol–water partition coefficient (Wildman–Crippen LogP) is 3.59. The first kappa shape index (κ1) is 14.2. The molecule has 0 spiro atoms. The maximum Gasteiger partial charge on any atom is 0.412 e. The van der Waals surface area contributed by atoms with Crippen LogP contribution in [0, 0.1) is 0 Å². The second kappa shape index (κ2) is 5.07. The van der Waals surface area contributed by atoms with Crippen LogP contribution < -0.4 is 11.1 Å². The number of nitrogen functional groups attached to an aromatic ring is 1. The molecule has 0 radical (unpaired) electrons. The van der Waals surface area contributed by atoms with Gasteiger partial charge in [-0.05, 0) is 45.9 Å². The van der Waals surface area contributed by atoms with E-state index in [9.17, 15) is 4.79 Å². The molecule has 0 bridgehead atoms. The summed E-state index contributed by atoms with van der Waals surface area (Å²) in [5.74, 6) is 0. The highest BCUT2D eigenvalue weighted by Crippen LogP contribution is 2.26. The zero-order valence-electron chi connectivity index (χ0n) is 12.4. The van der Waals surface area contributed by atoms with Gasteiger partial charge in [0.15, 0.2) is 0 Å². The first-order valence-corrected chi connectivity index (χ1v) is 6.68. The van der Waals surface area contributed by atoms with Gasteiger partial charge in [-0.25, -0.2) is 4.79 Å². The minimum absolute atomic E-state index is 0.459. The number of anilines is 2. The number of aryl methyl sites for hydroxylation is 1. The zero-order valence-corrected chi connectivity index (χ0v) is 12.4. The number of nitrogens with two attached hydrogens (primary N) is 1. The molecule has 5 nitrogen and oxygen atoms in total. The van der Waals surface area contributed by atoms with Crippen LogP contribution in [0.4, 0.5) is 16.2 Å². The Kier molecular flexibility index (Phi) is 3.61. The summed E-state index contributed by atoms with van der Waals surface area (Å²) in [4.78, 5) is 11.8. The highest BCUT2D eigenvalue weighted by atomic mass is 16.6. The first-order chi connectivity index (χ1) is 9.30. The summed E-state index contributed by atoms with van der Waals surface area (Å²) in [6.45, 7) is 8.37. The Hall–Kier alpha value is -2.17. The van der Waals surface area contributed by atoms with E-state index in [1.54, 1.807) is 0 Å². The predicted molar refractivity (Wildman–Crippen MR) is 81.9 cm³/mol. The van der Waals surface area contributed by atoms with E-state index in [0.29, 0.717) is 5.69 Å². The molecule has 2 rings (SSSR count). The van der Waals surface area contributed by atoms with Gasteiger partial charge < -0.3 is 15.0 Å². The van der Waals surface area contributed by atoms with Crippen molar-refractivity contribution in [3.63, 3.8) is 0 Å². The van der Waals surface area contributed by atoms with Crippen molar-refractivity contribution in [1.29, 1.82) is 0 Å². The molecule has 108 valence electrons. The Bertz CT molecular complexity index is 638. The van der Waals surface area contributed by atoms with Gasteiger partial charge in [0.1, 0.15) is 5.60 Å². The normalized spacial score (nSPS) is 11.6. The van der Waals surface area contributed by atoms with Crippen molar-refractivity contribution in [3.05, 3.63) is 24.4 Å². The van der Waals surface area contributed by atoms with Crippen LogP contribution in [0.25, 0.3) is 10.9 Å². The van der Waals surface area contributed by atoms with Crippen LogP contribution in [0.3, 0.4) is 0 Å². The van der Waals surface area contributed by atoms with Gasteiger partial charge in [0.2, 0.25) is 0 Å². The van der Waals surface area contributed by atoms with Crippen molar-refractivity contribution in [2.75, 3.05) is 11.1 Å². The van der Waals surface area contributed by atoms with E-state index in [1.807, 2.05) is 56.7 Å². The summed E-state index contributed by atoms with van der Waals surface area (Å²) in [6, 6.07) is 5.63. The van der Waals surface area contributed by atoms with Crippen LogP contribution in [0.2, 0.25) is 0 Å². The summed E-state index contributed by atoms with van der Waals surface area (Å²) in [7, 11) is 0. The van der Waals surface area contributed by atoms with Gasteiger partial charge in [0.05, 0.1) is 11.2 Å². The Labute approximate surface area is 118 Å². The Morgan fingerprint density at radius 2 is 2.10 bits per heavy atom. The third kappa shape index (κ3) is 3.04. The lowest BCUT2D eigenvalue weighted by Crippen LogP contribution is -2.27. The summed E-state index contributed by atoms with van der Waals surface area (Å²) in [5, 5.41) is 3.72. The molecule has 1 aromatic heterocycles. The maximum absolute atomic E-state index is 11.8. The molecular formula is C15H21N3O2. The van der Waals surface area contributed by atoms with Gasteiger partial charge in [-0.3, -0.25) is 5.32 Å². The van der Waals surface area contributed by atoms with E-state index < -0.39 is 11.7 Å². The van der Waals surface area contributed by atoms with Crippen LogP contribution >= 0.6 is 0 Å². The zero-order chi connectivity index (χ0) is 14.9. The first-order valence-electron chi connectivity index (χ1n) is 6.68. The highest BCUT2D eigenvalue weighted by molar-refractivity contribution is 5.96. The fraction of sp³-hybridized carbons (Fsp3) is 0.400. The quantitative estimate of drug-likeness (QED) is 0.880. The number of hydrogen-bond donors (Lipinski definition) is 2. The van der Waals surface area contributed by atoms with E-state index in [-0.39, 0.29) is 0 Å². The minimum atomic E-state index is -0.512. The molecule has 0 atom stereocenters. The summed E-state index contributed by atoms with van der Waals surface area (Å²) in [6.07, 6.45) is 1.45.